The Morgan fingerprint density at radius 2 is 2.06 bits per heavy atom. The maximum absolute atomic E-state index is 11.5. The first kappa shape index (κ1) is 15.0. The molecule has 1 saturated carbocycles. The predicted octanol–water partition coefficient (Wildman–Crippen LogP) is 1.42. The number of carboxylic acid groups (broad SMARTS) is 1. The molecule has 1 aliphatic rings. The molecule has 1 aliphatic carbocycles. The lowest BCUT2D eigenvalue weighted by atomic mass is 9.79. The molecule has 0 aromatic rings. The van der Waals surface area contributed by atoms with Crippen LogP contribution in [0, 0.1) is 11.8 Å². The van der Waals surface area contributed by atoms with E-state index < -0.39 is 5.97 Å². The Kier molecular flexibility index (Phi) is 6.72. The minimum absolute atomic E-state index is 0.0573. The molecule has 1 amide bonds. The Bertz CT molecular complexity index is 280. The van der Waals surface area contributed by atoms with Crippen LogP contribution in [0.15, 0.2) is 0 Å². The molecule has 1 fully saturated rings. The maximum atomic E-state index is 11.5. The van der Waals surface area contributed by atoms with Gasteiger partial charge in [-0.3, -0.25) is 9.59 Å². The van der Waals surface area contributed by atoms with E-state index in [9.17, 15) is 9.59 Å². The normalized spacial score (nSPS) is 23.6. The summed E-state index contributed by atoms with van der Waals surface area (Å²) in [6.07, 6.45) is 4.00. The number of ether oxygens (including phenoxy) is 1. The highest BCUT2D eigenvalue weighted by atomic mass is 16.5. The summed E-state index contributed by atoms with van der Waals surface area (Å²) in [4.78, 5) is 22.6. The molecular formula is C13H23NO4. The van der Waals surface area contributed by atoms with Crippen molar-refractivity contribution < 1.29 is 19.4 Å². The van der Waals surface area contributed by atoms with Gasteiger partial charge < -0.3 is 15.2 Å². The summed E-state index contributed by atoms with van der Waals surface area (Å²) in [7, 11) is 0. The first-order chi connectivity index (χ1) is 8.65. The van der Waals surface area contributed by atoms with Gasteiger partial charge in [0.05, 0.1) is 12.5 Å². The lowest BCUT2D eigenvalue weighted by molar-refractivity contribution is -0.145. The van der Waals surface area contributed by atoms with Gasteiger partial charge in [0.15, 0.2) is 0 Å². The zero-order chi connectivity index (χ0) is 13.4. The summed E-state index contributed by atoms with van der Waals surface area (Å²) in [5.74, 6) is -1.01. The Hall–Kier alpha value is -1.10. The van der Waals surface area contributed by atoms with Crippen LogP contribution in [0.4, 0.5) is 0 Å². The topological polar surface area (TPSA) is 75.6 Å². The van der Waals surface area contributed by atoms with E-state index in [0.29, 0.717) is 26.2 Å². The lowest BCUT2D eigenvalue weighted by Crippen LogP contribution is -2.37. The van der Waals surface area contributed by atoms with Crippen LogP contribution in [0.3, 0.4) is 0 Å². The molecule has 2 N–H and O–H groups in total. The average molecular weight is 257 g/mol. The van der Waals surface area contributed by atoms with Gasteiger partial charge in [-0.2, -0.15) is 0 Å². The zero-order valence-corrected chi connectivity index (χ0v) is 11.0. The highest BCUT2D eigenvalue weighted by molar-refractivity contribution is 5.76. The number of aliphatic carboxylic acids is 1. The van der Waals surface area contributed by atoms with Gasteiger partial charge >= 0.3 is 5.97 Å². The van der Waals surface area contributed by atoms with E-state index in [0.717, 1.165) is 25.7 Å². The quantitative estimate of drug-likeness (QED) is 0.676. The number of nitrogens with one attached hydrogen (secondary N) is 1. The van der Waals surface area contributed by atoms with Gasteiger partial charge in [-0.05, 0) is 25.7 Å². The summed E-state index contributed by atoms with van der Waals surface area (Å²) < 4.78 is 5.10. The number of hydrogen-bond donors (Lipinski definition) is 2. The fourth-order valence-corrected chi connectivity index (χ4v) is 2.42. The minimum Gasteiger partial charge on any atom is -0.481 e. The van der Waals surface area contributed by atoms with Crippen LogP contribution in [0.25, 0.3) is 0 Å². The van der Waals surface area contributed by atoms with E-state index >= 15 is 0 Å². The zero-order valence-electron chi connectivity index (χ0n) is 11.0. The Labute approximate surface area is 108 Å². The standard InChI is InChI=1S/C13H23NO4/c1-2-18-8-7-12(15)14-9-10-5-3-4-6-11(10)13(16)17/h10-11H,2-9H2,1H3,(H,14,15)(H,16,17). The minimum atomic E-state index is -0.733. The van der Waals surface area contributed by atoms with Crippen molar-refractivity contribution in [1.29, 1.82) is 0 Å². The summed E-state index contributed by atoms with van der Waals surface area (Å²) in [5.41, 5.74) is 0. The summed E-state index contributed by atoms with van der Waals surface area (Å²) in [6.45, 7) is 3.39. The van der Waals surface area contributed by atoms with Crippen molar-refractivity contribution in [3.05, 3.63) is 0 Å². The molecule has 0 heterocycles. The van der Waals surface area contributed by atoms with Crippen LogP contribution in [-0.4, -0.2) is 36.7 Å². The second kappa shape index (κ2) is 8.08. The van der Waals surface area contributed by atoms with Crippen molar-refractivity contribution in [2.75, 3.05) is 19.8 Å². The van der Waals surface area contributed by atoms with Crippen LogP contribution in [0.2, 0.25) is 0 Å². The molecule has 5 nitrogen and oxygen atoms in total. The van der Waals surface area contributed by atoms with Crippen molar-refractivity contribution in [3.8, 4) is 0 Å². The van der Waals surface area contributed by atoms with Crippen LogP contribution in [-0.2, 0) is 14.3 Å². The largest absolute Gasteiger partial charge is 0.481 e. The summed E-state index contributed by atoms with van der Waals surface area (Å²) >= 11 is 0. The number of hydrogen-bond acceptors (Lipinski definition) is 3. The predicted molar refractivity (Wildman–Crippen MR) is 67.2 cm³/mol. The second-order valence-electron chi connectivity index (χ2n) is 4.74. The van der Waals surface area contributed by atoms with E-state index in [1.54, 1.807) is 0 Å². The molecule has 0 spiro atoms. The Morgan fingerprint density at radius 1 is 1.33 bits per heavy atom. The lowest BCUT2D eigenvalue weighted by Gasteiger charge is -2.28. The molecule has 0 aromatic carbocycles. The third-order valence-corrected chi connectivity index (χ3v) is 3.47. The first-order valence-corrected chi connectivity index (χ1v) is 6.72. The van der Waals surface area contributed by atoms with Crippen molar-refractivity contribution in [2.24, 2.45) is 11.8 Å². The average Bonchev–Trinajstić information content (AvgIpc) is 2.37. The SMILES string of the molecule is CCOCCC(=O)NCC1CCCCC1C(=O)O. The molecule has 0 bridgehead atoms. The molecule has 0 aliphatic heterocycles. The van der Waals surface area contributed by atoms with Crippen molar-refractivity contribution >= 4 is 11.9 Å². The fourth-order valence-electron chi connectivity index (χ4n) is 2.42. The Balaban J connectivity index is 2.27. The van der Waals surface area contributed by atoms with Crippen molar-refractivity contribution in [1.82, 2.24) is 5.32 Å². The highest BCUT2D eigenvalue weighted by Gasteiger charge is 2.30. The molecule has 5 heteroatoms. The molecule has 2 atom stereocenters. The molecule has 2 unspecified atom stereocenters. The monoisotopic (exact) mass is 257 g/mol. The van der Waals surface area contributed by atoms with Crippen molar-refractivity contribution in [3.63, 3.8) is 0 Å². The van der Waals surface area contributed by atoms with Crippen LogP contribution in [0.1, 0.15) is 39.0 Å². The second-order valence-corrected chi connectivity index (χ2v) is 4.74. The number of amides is 1. The third kappa shape index (κ3) is 5.04. The van der Waals surface area contributed by atoms with Gasteiger partial charge in [0.25, 0.3) is 0 Å². The van der Waals surface area contributed by atoms with Gasteiger partial charge in [0.1, 0.15) is 0 Å². The van der Waals surface area contributed by atoms with E-state index in [1.807, 2.05) is 6.92 Å². The van der Waals surface area contributed by atoms with Gasteiger partial charge in [0, 0.05) is 19.6 Å². The van der Waals surface area contributed by atoms with Gasteiger partial charge in [-0.1, -0.05) is 12.8 Å². The molecule has 104 valence electrons. The van der Waals surface area contributed by atoms with E-state index in [-0.39, 0.29) is 17.7 Å². The van der Waals surface area contributed by atoms with Gasteiger partial charge in [-0.15, -0.1) is 0 Å². The van der Waals surface area contributed by atoms with Gasteiger partial charge in [-0.25, -0.2) is 0 Å². The Morgan fingerprint density at radius 3 is 2.72 bits per heavy atom. The van der Waals surface area contributed by atoms with E-state index in [1.165, 1.54) is 0 Å². The van der Waals surface area contributed by atoms with Crippen LogP contribution < -0.4 is 5.32 Å². The first-order valence-electron chi connectivity index (χ1n) is 6.72. The number of carbonyl (C=O) groups is 2. The van der Waals surface area contributed by atoms with Crippen LogP contribution in [0.5, 0.6) is 0 Å². The van der Waals surface area contributed by atoms with Crippen LogP contribution >= 0.6 is 0 Å². The van der Waals surface area contributed by atoms with Crippen molar-refractivity contribution in [2.45, 2.75) is 39.0 Å². The molecule has 0 radical (unpaired) electrons. The molecule has 1 rings (SSSR count). The highest BCUT2D eigenvalue weighted by Crippen LogP contribution is 2.29. The third-order valence-electron chi connectivity index (χ3n) is 3.47. The molecular weight excluding hydrogens is 234 g/mol. The summed E-state index contributed by atoms with van der Waals surface area (Å²) in [6, 6.07) is 0. The number of carbonyl (C=O) groups excluding carboxylic acids is 1. The number of carboxylic acids is 1. The summed E-state index contributed by atoms with van der Waals surface area (Å²) in [5, 5.41) is 11.9. The smallest absolute Gasteiger partial charge is 0.306 e. The maximum Gasteiger partial charge on any atom is 0.306 e. The fraction of sp³-hybridized carbons (Fsp3) is 0.846. The molecule has 0 aromatic heterocycles. The molecule has 18 heavy (non-hydrogen) atoms. The van der Waals surface area contributed by atoms with E-state index in [4.69, 9.17) is 9.84 Å². The van der Waals surface area contributed by atoms with Gasteiger partial charge in [0.2, 0.25) is 5.91 Å². The number of rotatable bonds is 7. The van der Waals surface area contributed by atoms with E-state index in [2.05, 4.69) is 5.32 Å². The molecule has 0 saturated heterocycles.